The number of rotatable bonds is 5. The van der Waals surface area contributed by atoms with Crippen LogP contribution < -0.4 is 10.6 Å². The Labute approximate surface area is 103 Å². The highest BCUT2D eigenvalue weighted by atomic mass is 16.5. The Morgan fingerprint density at radius 3 is 2.82 bits per heavy atom. The molecule has 0 aliphatic heterocycles. The molecule has 1 rings (SSSR count). The lowest BCUT2D eigenvalue weighted by atomic mass is 9.86. The molecule has 0 aromatic heterocycles. The van der Waals surface area contributed by atoms with Gasteiger partial charge < -0.3 is 20.5 Å². The SMILES string of the molecule is COCC(O)CNC(=O)NC1CCCCC1C. The number of aliphatic hydroxyl groups excluding tert-OH is 1. The summed E-state index contributed by atoms with van der Waals surface area (Å²) in [6.45, 7) is 2.63. The summed E-state index contributed by atoms with van der Waals surface area (Å²) in [4.78, 5) is 11.6. The number of hydrogen-bond acceptors (Lipinski definition) is 3. The molecule has 0 radical (unpaired) electrons. The Hall–Kier alpha value is -0.810. The summed E-state index contributed by atoms with van der Waals surface area (Å²) in [5, 5.41) is 15.0. The normalized spacial score (nSPS) is 26.3. The maximum Gasteiger partial charge on any atom is 0.315 e. The van der Waals surface area contributed by atoms with Crippen molar-refractivity contribution in [1.29, 1.82) is 0 Å². The molecule has 0 bridgehead atoms. The fraction of sp³-hybridized carbons (Fsp3) is 0.917. The molecule has 0 aromatic carbocycles. The minimum atomic E-state index is -0.644. The van der Waals surface area contributed by atoms with E-state index in [9.17, 15) is 9.90 Å². The van der Waals surface area contributed by atoms with Crippen LogP contribution >= 0.6 is 0 Å². The van der Waals surface area contributed by atoms with E-state index >= 15 is 0 Å². The van der Waals surface area contributed by atoms with Gasteiger partial charge in [-0.2, -0.15) is 0 Å². The molecule has 3 unspecified atom stereocenters. The second-order valence-electron chi connectivity index (χ2n) is 4.83. The lowest BCUT2D eigenvalue weighted by Gasteiger charge is -2.29. The van der Waals surface area contributed by atoms with Crippen molar-refractivity contribution in [2.24, 2.45) is 5.92 Å². The molecule has 1 aliphatic carbocycles. The van der Waals surface area contributed by atoms with Crippen LogP contribution in [0.1, 0.15) is 32.6 Å². The zero-order valence-electron chi connectivity index (χ0n) is 10.7. The Morgan fingerprint density at radius 2 is 2.18 bits per heavy atom. The number of nitrogens with one attached hydrogen (secondary N) is 2. The minimum absolute atomic E-state index is 0.195. The van der Waals surface area contributed by atoms with Crippen LogP contribution in [0.5, 0.6) is 0 Å². The first-order valence-electron chi connectivity index (χ1n) is 6.35. The second-order valence-corrected chi connectivity index (χ2v) is 4.83. The van der Waals surface area contributed by atoms with Gasteiger partial charge >= 0.3 is 6.03 Å². The lowest BCUT2D eigenvalue weighted by molar-refractivity contribution is 0.0658. The van der Waals surface area contributed by atoms with Crippen molar-refractivity contribution in [3.63, 3.8) is 0 Å². The molecule has 100 valence electrons. The molecule has 0 saturated heterocycles. The molecule has 0 aromatic rings. The van der Waals surface area contributed by atoms with Gasteiger partial charge in [0.15, 0.2) is 0 Å². The van der Waals surface area contributed by atoms with Crippen LogP contribution in [0.3, 0.4) is 0 Å². The molecule has 1 saturated carbocycles. The first-order valence-corrected chi connectivity index (χ1v) is 6.35. The van der Waals surface area contributed by atoms with Crippen LogP contribution in [-0.4, -0.2) is 43.5 Å². The van der Waals surface area contributed by atoms with Crippen molar-refractivity contribution in [3.8, 4) is 0 Å². The maximum atomic E-state index is 11.6. The number of methoxy groups -OCH3 is 1. The lowest BCUT2D eigenvalue weighted by Crippen LogP contribution is -2.48. The van der Waals surface area contributed by atoms with Gasteiger partial charge in [-0.15, -0.1) is 0 Å². The van der Waals surface area contributed by atoms with E-state index in [0.29, 0.717) is 5.92 Å². The van der Waals surface area contributed by atoms with Crippen molar-refractivity contribution >= 4 is 6.03 Å². The predicted molar refractivity (Wildman–Crippen MR) is 65.8 cm³/mol. The third kappa shape index (κ3) is 5.37. The number of carbonyl (C=O) groups excluding carboxylic acids is 1. The molecule has 3 N–H and O–H groups in total. The van der Waals surface area contributed by atoms with Gasteiger partial charge in [-0.3, -0.25) is 0 Å². The molecule has 0 spiro atoms. The van der Waals surface area contributed by atoms with E-state index in [1.807, 2.05) is 0 Å². The summed E-state index contributed by atoms with van der Waals surface area (Å²) in [6, 6.07) is 0.0715. The van der Waals surface area contributed by atoms with E-state index in [0.717, 1.165) is 6.42 Å². The molecule has 2 amide bonds. The first kappa shape index (κ1) is 14.3. The summed E-state index contributed by atoms with van der Waals surface area (Å²) in [7, 11) is 1.52. The highest BCUT2D eigenvalue weighted by Crippen LogP contribution is 2.23. The molecular weight excluding hydrogens is 220 g/mol. The highest BCUT2D eigenvalue weighted by molar-refractivity contribution is 5.74. The van der Waals surface area contributed by atoms with Crippen LogP contribution in [0.25, 0.3) is 0 Å². The van der Waals surface area contributed by atoms with E-state index in [-0.39, 0.29) is 25.2 Å². The third-order valence-electron chi connectivity index (χ3n) is 3.29. The van der Waals surface area contributed by atoms with Crippen LogP contribution in [0.15, 0.2) is 0 Å². The Bertz CT molecular complexity index is 236. The van der Waals surface area contributed by atoms with E-state index in [2.05, 4.69) is 17.6 Å². The molecule has 5 nitrogen and oxygen atoms in total. The Balaban J connectivity index is 2.19. The van der Waals surface area contributed by atoms with Crippen LogP contribution in [0.4, 0.5) is 4.79 Å². The maximum absolute atomic E-state index is 11.6. The molecular formula is C12H24N2O3. The fourth-order valence-corrected chi connectivity index (χ4v) is 2.21. The van der Waals surface area contributed by atoms with Crippen LogP contribution in [0.2, 0.25) is 0 Å². The molecule has 3 atom stereocenters. The van der Waals surface area contributed by atoms with Crippen molar-refractivity contribution in [3.05, 3.63) is 0 Å². The smallest absolute Gasteiger partial charge is 0.315 e. The molecule has 0 heterocycles. The van der Waals surface area contributed by atoms with Gasteiger partial charge in [-0.1, -0.05) is 19.8 Å². The van der Waals surface area contributed by atoms with E-state index < -0.39 is 6.10 Å². The number of hydrogen-bond donors (Lipinski definition) is 3. The van der Waals surface area contributed by atoms with Crippen molar-refractivity contribution < 1.29 is 14.6 Å². The summed E-state index contributed by atoms with van der Waals surface area (Å²) < 4.78 is 4.78. The largest absolute Gasteiger partial charge is 0.389 e. The Morgan fingerprint density at radius 1 is 1.47 bits per heavy atom. The van der Waals surface area contributed by atoms with Gasteiger partial charge in [0.05, 0.1) is 12.7 Å². The average molecular weight is 244 g/mol. The average Bonchev–Trinajstić information content (AvgIpc) is 2.30. The molecule has 5 heteroatoms. The predicted octanol–water partition coefficient (Wildman–Crippen LogP) is 0.872. The van der Waals surface area contributed by atoms with Crippen molar-refractivity contribution in [2.45, 2.75) is 44.8 Å². The minimum Gasteiger partial charge on any atom is -0.389 e. The quantitative estimate of drug-likeness (QED) is 0.672. The molecule has 1 fully saturated rings. The van der Waals surface area contributed by atoms with Crippen LogP contribution in [0, 0.1) is 5.92 Å². The number of urea groups is 1. The first-order chi connectivity index (χ1) is 8.13. The van der Waals surface area contributed by atoms with Gasteiger partial charge in [-0.05, 0) is 18.8 Å². The summed E-state index contributed by atoms with van der Waals surface area (Å²) >= 11 is 0. The van der Waals surface area contributed by atoms with Gasteiger partial charge in [0.1, 0.15) is 0 Å². The van der Waals surface area contributed by atoms with E-state index in [1.165, 1.54) is 26.4 Å². The molecule has 1 aliphatic rings. The zero-order valence-corrected chi connectivity index (χ0v) is 10.7. The van der Waals surface area contributed by atoms with Gasteiger partial charge in [0, 0.05) is 19.7 Å². The number of amides is 2. The zero-order chi connectivity index (χ0) is 12.7. The van der Waals surface area contributed by atoms with Gasteiger partial charge in [0.25, 0.3) is 0 Å². The van der Waals surface area contributed by atoms with Gasteiger partial charge in [0.2, 0.25) is 0 Å². The third-order valence-corrected chi connectivity index (χ3v) is 3.29. The Kier molecular flexibility index (Phi) is 6.29. The number of aliphatic hydroxyl groups is 1. The van der Waals surface area contributed by atoms with E-state index in [1.54, 1.807) is 0 Å². The number of ether oxygens (including phenoxy) is 1. The number of carbonyl (C=O) groups is 1. The van der Waals surface area contributed by atoms with Crippen molar-refractivity contribution in [2.75, 3.05) is 20.3 Å². The van der Waals surface area contributed by atoms with Crippen LogP contribution in [-0.2, 0) is 4.74 Å². The summed E-state index contributed by atoms with van der Waals surface area (Å²) in [5.41, 5.74) is 0. The standard InChI is InChI=1S/C12H24N2O3/c1-9-5-3-4-6-11(9)14-12(16)13-7-10(15)8-17-2/h9-11,15H,3-8H2,1-2H3,(H2,13,14,16). The van der Waals surface area contributed by atoms with Gasteiger partial charge in [-0.25, -0.2) is 4.79 Å². The highest BCUT2D eigenvalue weighted by Gasteiger charge is 2.22. The second kappa shape index (κ2) is 7.50. The summed E-state index contributed by atoms with van der Waals surface area (Å²) in [6.07, 6.45) is 4.02. The van der Waals surface area contributed by atoms with Crippen molar-refractivity contribution in [1.82, 2.24) is 10.6 Å². The van der Waals surface area contributed by atoms with E-state index in [4.69, 9.17) is 4.74 Å². The molecule has 17 heavy (non-hydrogen) atoms. The monoisotopic (exact) mass is 244 g/mol. The topological polar surface area (TPSA) is 70.6 Å². The summed E-state index contributed by atoms with van der Waals surface area (Å²) in [5.74, 6) is 0.540. The fourth-order valence-electron chi connectivity index (χ4n) is 2.21.